The highest BCUT2D eigenvalue weighted by atomic mass is 32.2. The third kappa shape index (κ3) is 5.47. The molecule has 1 amide bonds. The van der Waals surface area contributed by atoms with E-state index in [-0.39, 0.29) is 11.7 Å². The number of anilines is 1. The lowest BCUT2D eigenvalue weighted by Gasteiger charge is -2.06. The molecule has 4 rings (SSSR count). The van der Waals surface area contributed by atoms with E-state index in [1.54, 1.807) is 25.1 Å². The highest BCUT2D eigenvalue weighted by Gasteiger charge is 2.12. The minimum Gasteiger partial charge on any atom is -0.497 e. The average molecular weight is 454 g/mol. The van der Waals surface area contributed by atoms with E-state index in [0.29, 0.717) is 11.1 Å². The van der Waals surface area contributed by atoms with Gasteiger partial charge < -0.3 is 19.0 Å². The maximum atomic E-state index is 12.3. The van der Waals surface area contributed by atoms with Crippen molar-refractivity contribution in [3.8, 4) is 17.2 Å². The number of aromatic nitrogens is 4. The number of amides is 1. The number of benzene rings is 2. The van der Waals surface area contributed by atoms with Crippen LogP contribution in [0, 0.1) is 0 Å². The Balaban J connectivity index is 1.28. The quantitative estimate of drug-likeness (QED) is 0.393. The van der Waals surface area contributed by atoms with Gasteiger partial charge in [-0.05, 0) is 48.5 Å². The van der Waals surface area contributed by atoms with Crippen molar-refractivity contribution in [2.24, 2.45) is 7.05 Å². The van der Waals surface area contributed by atoms with Crippen molar-refractivity contribution in [3.05, 3.63) is 60.9 Å². The second kappa shape index (κ2) is 9.71. The van der Waals surface area contributed by atoms with Crippen LogP contribution < -0.4 is 10.1 Å². The molecule has 10 heteroatoms. The number of thioether (sulfide) groups is 1. The van der Waals surface area contributed by atoms with E-state index < -0.39 is 0 Å². The van der Waals surface area contributed by atoms with Gasteiger partial charge >= 0.3 is 0 Å². The first-order valence-electron chi connectivity index (χ1n) is 9.26. The van der Waals surface area contributed by atoms with Gasteiger partial charge in [-0.25, -0.2) is 4.98 Å². The molecule has 0 radical (unpaired) electrons. The maximum Gasteiger partial charge on any atom is 0.277 e. The number of carbonyl (C=O) groups is 1. The van der Waals surface area contributed by atoms with Gasteiger partial charge in [-0.1, -0.05) is 23.5 Å². The van der Waals surface area contributed by atoms with Crippen molar-refractivity contribution in [2.45, 2.75) is 15.3 Å². The molecule has 4 aromatic rings. The molecule has 0 aliphatic carbocycles. The molecule has 31 heavy (non-hydrogen) atoms. The van der Waals surface area contributed by atoms with E-state index in [4.69, 9.17) is 9.15 Å². The minimum atomic E-state index is -0.154. The molecular formula is C21H19N5O3S2. The molecule has 0 bridgehead atoms. The molecule has 8 nitrogen and oxygen atoms in total. The van der Waals surface area contributed by atoms with Gasteiger partial charge in [0, 0.05) is 35.6 Å². The second-order valence-corrected chi connectivity index (χ2v) is 8.35. The first-order chi connectivity index (χ1) is 15.1. The topological polar surface area (TPSA) is 95.1 Å². The Labute approximate surface area is 187 Å². The summed E-state index contributed by atoms with van der Waals surface area (Å²) in [5.74, 6) is 1.15. The summed E-state index contributed by atoms with van der Waals surface area (Å²) in [6.45, 7) is 0. The maximum absolute atomic E-state index is 12.3. The molecular weight excluding hydrogens is 434 g/mol. The van der Waals surface area contributed by atoms with Crippen LogP contribution in [0.5, 0.6) is 5.75 Å². The Bertz CT molecular complexity index is 1160. The Morgan fingerprint density at radius 2 is 1.90 bits per heavy atom. The predicted octanol–water partition coefficient (Wildman–Crippen LogP) is 4.36. The van der Waals surface area contributed by atoms with E-state index >= 15 is 0 Å². The Morgan fingerprint density at radius 3 is 2.58 bits per heavy atom. The number of rotatable bonds is 8. The molecule has 0 aliphatic rings. The van der Waals surface area contributed by atoms with Crippen LogP contribution in [0.4, 0.5) is 5.69 Å². The molecule has 1 N–H and O–H groups in total. The summed E-state index contributed by atoms with van der Waals surface area (Å²) < 4.78 is 12.7. The molecule has 2 aromatic heterocycles. The summed E-state index contributed by atoms with van der Waals surface area (Å²) in [7, 11) is 3.56. The van der Waals surface area contributed by atoms with E-state index in [2.05, 4.69) is 20.5 Å². The van der Waals surface area contributed by atoms with Crippen molar-refractivity contribution < 1.29 is 13.9 Å². The van der Waals surface area contributed by atoms with Gasteiger partial charge in [-0.15, -0.1) is 10.2 Å². The summed E-state index contributed by atoms with van der Waals surface area (Å²) >= 11 is 2.75. The highest BCUT2D eigenvalue weighted by molar-refractivity contribution is 7.99. The van der Waals surface area contributed by atoms with Crippen LogP contribution in [0.2, 0.25) is 0 Å². The Hall–Kier alpha value is -3.24. The monoisotopic (exact) mass is 453 g/mol. The average Bonchev–Trinajstić information content (AvgIpc) is 3.43. The smallest absolute Gasteiger partial charge is 0.277 e. The van der Waals surface area contributed by atoms with E-state index in [0.717, 1.165) is 27.1 Å². The van der Waals surface area contributed by atoms with Gasteiger partial charge in [-0.3, -0.25) is 4.79 Å². The minimum absolute atomic E-state index is 0.154. The third-order valence-electron chi connectivity index (χ3n) is 4.19. The van der Waals surface area contributed by atoms with Crippen LogP contribution in [-0.4, -0.2) is 38.5 Å². The molecule has 2 heterocycles. The second-order valence-electron chi connectivity index (χ2n) is 6.39. The first-order valence-corrected chi connectivity index (χ1v) is 11.1. The van der Waals surface area contributed by atoms with E-state index in [1.807, 2.05) is 66.3 Å². The largest absolute Gasteiger partial charge is 0.497 e. The molecule has 0 saturated heterocycles. The lowest BCUT2D eigenvalue weighted by Crippen LogP contribution is -2.13. The molecule has 0 atom stereocenters. The fourth-order valence-electron chi connectivity index (χ4n) is 2.60. The number of aryl methyl sites for hydroxylation is 1. The number of hydrogen-bond donors (Lipinski definition) is 1. The van der Waals surface area contributed by atoms with Gasteiger partial charge in [0.1, 0.15) is 5.75 Å². The number of carbonyl (C=O) groups excluding carboxylic acids is 1. The fourth-order valence-corrected chi connectivity index (χ4v) is 3.97. The summed E-state index contributed by atoms with van der Waals surface area (Å²) in [6, 6.07) is 14.9. The summed E-state index contributed by atoms with van der Waals surface area (Å²) in [6.07, 6.45) is 3.66. The zero-order valence-electron chi connectivity index (χ0n) is 16.8. The zero-order valence-corrected chi connectivity index (χ0v) is 18.4. The number of methoxy groups -OCH3 is 1. The molecule has 0 spiro atoms. The molecule has 0 unspecified atom stereocenters. The normalized spacial score (nSPS) is 10.8. The van der Waals surface area contributed by atoms with Crippen molar-refractivity contribution >= 4 is 35.1 Å². The van der Waals surface area contributed by atoms with Crippen molar-refractivity contribution in [1.82, 2.24) is 19.7 Å². The Morgan fingerprint density at radius 1 is 1.13 bits per heavy atom. The molecule has 0 fully saturated rings. The standard InChI is InChI=1S/C21H19N5O3S2/c1-26-12-11-22-20(26)31-17-9-5-15(6-10-17)23-18(27)13-30-21-25-24-19(29-21)14-3-7-16(28-2)8-4-14/h3-12H,13H2,1-2H3,(H,23,27). The van der Waals surface area contributed by atoms with Crippen LogP contribution in [0.15, 0.2) is 80.6 Å². The Kier molecular flexibility index (Phi) is 6.58. The van der Waals surface area contributed by atoms with Crippen LogP contribution in [0.25, 0.3) is 11.5 Å². The van der Waals surface area contributed by atoms with Gasteiger partial charge in [0.2, 0.25) is 11.8 Å². The summed E-state index contributed by atoms with van der Waals surface area (Å²) in [5, 5.41) is 12.1. The van der Waals surface area contributed by atoms with Crippen molar-refractivity contribution in [2.75, 3.05) is 18.2 Å². The molecule has 158 valence electrons. The van der Waals surface area contributed by atoms with Gasteiger partial charge in [0.05, 0.1) is 12.9 Å². The van der Waals surface area contributed by atoms with Crippen LogP contribution >= 0.6 is 23.5 Å². The molecule has 2 aromatic carbocycles. The van der Waals surface area contributed by atoms with Crippen LogP contribution in [-0.2, 0) is 11.8 Å². The fraction of sp³-hybridized carbons (Fsp3) is 0.143. The van der Waals surface area contributed by atoms with E-state index in [9.17, 15) is 4.79 Å². The summed E-state index contributed by atoms with van der Waals surface area (Å²) in [5.41, 5.74) is 1.51. The SMILES string of the molecule is COc1ccc(-c2nnc(SCC(=O)Nc3ccc(Sc4nccn4C)cc3)o2)cc1. The number of nitrogens with zero attached hydrogens (tertiary/aromatic N) is 4. The van der Waals surface area contributed by atoms with Gasteiger partial charge in [0.25, 0.3) is 5.22 Å². The number of nitrogens with one attached hydrogen (secondary N) is 1. The number of hydrogen-bond acceptors (Lipinski definition) is 8. The van der Waals surface area contributed by atoms with Gasteiger partial charge in [-0.2, -0.15) is 0 Å². The number of imidazole rings is 1. The van der Waals surface area contributed by atoms with E-state index in [1.165, 1.54) is 11.8 Å². The van der Waals surface area contributed by atoms with Gasteiger partial charge in [0.15, 0.2) is 5.16 Å². The molecule has 0 aliphatic heterocycles. The molecule has 0 saturated carbocycles. The summed E-state index contributed by atoms with van der Waals surface area (Å²) in [4.78, 5) is 17.6. The third-order valence-corrected chi connectivity index (χ3v) is 6.10. The lowest BCUT2D eigenvalue weighted by atomic mass is 10.2. The first kappa shape index (κ1) is 21.0. The van der Waals surface area contributed by atoms with Crippen LogP contribution in [0.3, 0.4) is 0 Å². The van der Waals surface area contributed by atoms with Crippen molar-refractivity contribution in [3.63, 3.8) is 0 Å². The van der Waals surface area contributed by atoms with Crippen LogP contribution in [0.1, 0.15) is 0 Å². The zero-order chi connectivity index (χ0) is 21.6. The van der Waals surface area contributed by atoms with Crippen molar-refractivity contribution in [1.29, 1.82) is 0 Å². The lowest BCUT2D eigenvalue weighted by molar-refractivity contribution is -0.113. The highest BCUT2D eigenvalue weighted by Crippen LogP contribution is 2.27. The predicted molar refractivity (Wildman–Crippen MR) is 119 cm³/mol. The number of ether oxygens (including phenoxy) is 1.